The van der Waals surface area contributed by atoms with Crippen LogP contribution in [-0.4, -0.2) is 16.8 Å². The quantitative estimate of drug-likeness (QED) is 0.939. The zero-order valence-electron chi connectivity index (χ0n) is 10.2. The fraction of sp³-hybridized carbons (Fsp3) is 0.333. The van der Waals surface area contributed by atoms with Crippen molar-refractivity contribution in [3.63, 3.8) is 0 Å². The van der Waals surface area contributed by atoms with Gasteiger partial charge in [-0.3, -0.25) is 0 Å². The SMILES string of the molecule is FC(F)(F)c1nnc(NCc2cccc3c2OCC3)o1. The van der Waals surface area contributed by atoms with Crippen molar-refractivity contribution in [2.75, 3.05) is 11.9 Å². The Labute approximate surface area is 111 Å². The van der Waals surface area contributed by atoms with Crippen LogP contribution >= 0.6 is 0 Å². The molecule has 1 aromatic carbocycles. The van der Waals surface area contributed by atoms with E-state index in [1.807, 2.05) is 18.2 Å². The van der Waals surface area contributed by atoms with E-state index in [-0.39, 0.29) is 12.6 Å². The normalized spacial score (nSPS) is 13.9. The molecule has 0 saturated carbocycles. The Morgan fingerprint density at radius 2 is 2.10 bits per heavy atom. The largest absolute Gasteiger partial charge is 0.493 e. The zero-order valence-corrected chi connectivity index (χ0v) is 10.2. The van der Waals surface area contributed by atoms with Gasteiger partial charge < -0.3 is 14.5 Å². The average Bonchev–Trinajstić information content (AvgIpc) is 3.04. The van der Waals surface area contributed by atoms with Gasteiger partial charge in [0.2, 0.25) is 0 Å². The van der Waals surface area contributed by atoms with E-state index in [9.17, 15) is 13.2 Å². The van der Waals surface area contributed by atoms with Crippen LogP contribution in [0.1, 0.15) is 17.0 Å². The van der Waals surface area contributed by atoms with Crippen molar-refractivity contribution >= 4 is 6.01 Å². The molecular weight excluding hydrogens is 275 g/mol. The predicted molar refractivity (Wildman–Crippen MR) is 62.3 cm³/mol. The molecule has 2 aromatic rings. The second-order valence-corrected chi connectivity index (χ2v) is 4.27. The lowest BCUT2D eigenvalue weighted by Gasteiger charge is -2.07. The van der Waals surface area contributed by atoms with E-state index in [0.717, 1.165) is 23.3 Å². The summed E-state index contributed by atoms with van der Waals surface area (Å²) >= 11 is 0. The van der Waals surface area contributed by atoms with Crippen LogP contribution in [0.4, 0.5) is 19.2 Å². The van der Waals surface area contributed by atoms with Crippen molar-refractivity contribution < 1.29 is 22.3 Å². The molecule has 106 valence electrons. The first-order chi connectivity index (χ1) is 9.54. The van der Waals surface area contributed by atoms with Gasteiger partial charge in [-0.1, -0.05) is 23.3 Å². The molecule has 0 spiro atoms. The molecule has 0 amide bonds. The smallest absolute Gasteiger partial charge is 0.470 e. The molecule has 3 rings (SSSR count). The maximum Gasteiger partial charge on any atom is 0.470 e. The van der Waals surface area contributed by atoms with E-state index in [1.54, 1.807) is 0 Å². The highest BCUT2D eigenvalue weighted by atomic mass is 19.4. The van der Waals surface area contributed by atoms with Gasteiger partial charge in [-0.15, -0.1) is 5.10 Å². The number of nitrogens with zero attached hydrogens (tertiary/aromatic N) is 2. The Kier molecular flexibility index (Phi) is 3.00. The first-order valence-electron chi connectivity index (χ1n) is 5.92. The number of halogens is 3. The molecule has 0 radical (unpaired) electrons. The van der Waals surface area contributed by atoms with Gasteiger partial charge in [-0.2, -0.15) is 13.2 Å². The van der Waals surface area contributed by atoms with Crippen LogP contribution in [0.15, 0.2) is 22.6 Å². The Morgan fingerprint density at radius 3 is 2.85 bits per heavy atom. The van der Waals surface area contributed by atoms with Gasteiger partial charge in [0.25, 0.3) is 0 Å². The summed E-state index contributed by atoms with van der Waals surface area (Å²) in [6.07, 6.45) is -3.80. The van der Waals surface area contributed by atoms with E-state index in [1.165, 1.54) is 0 Å². The van der Waals surface area contributed by atoms with Crippen molar-refractivity contribution in [1.29, 1.82) is 0 Å². The average molecular weight is 285 g/mol. The van der Waals surface area contributed by atoms with Crippen molar-refractivity contribution in [2.24, 2.45) is 0 Å². The maximum absolute atomic E-state index is 12.3. The van der Waals surface area contributed by atoms with E-state index >= 15 is 0 Å². The van der Waals surface area contributed by atoms with Crippen LogP contribution in [0, 0.1) is 0 Å². The van der Waals surface area contributed by atoms with Crippen LogP contribution < -0.4 is 10.1 Å². The highest BCUT2D eigenvalue weighted by molar-refractivity contribution is 5.45. The Bertz CT molecular complexity index is 625. The fourth-order valence-corrected chi connectivity index (χ4v) is 2.00. The minimum absolute atomic E-state index is 0.253. The van der Waals surface area contributed by atoms with Crippen molar-refractivity contribution in [1.82, 2.24) is 10.2 Å². The third-order valence-corrected chi connectivity index (χ3v) is 2.89. The summed E-state index contributed by atoms with van der Waals surface area (Å²) in [5.74, 6) is -0.592. The van der Waals surface area contributed by atoms with Gasteiger partial charge >= 0.3 is 18.1 Å². The van der Waals surface area contributed by atoms with Crippen molar-refractivity contribution in [3.05, 3.63) is 35.2 Å². The lowest BCUT2D eigenvalue weighted by Crippen LogP contribution is -2.04. The molecule has 1 aliphatic heterocycles. The fourth-order valence-electron chi connectivity index (χ4n) is 2.00. The second-order valence-electron chi connectivity index (χ2n) is 4.27. The molecule has 2 heterocycles. The second kappa shape index (κ2) is 4.69. The topological polar surface area (TPSA) is 60.2 Å². The van der Waals surface area contributed by atoms with Crippen molar-refractivity contribution in [3.8, 4) is 5.75 Å². The number of alkyl halides is 3. The highest BCUT2D eigenvalue weighted by Crippen LogP contribution is 2.31. The summed E-state index contributed by atoms with van der Waals surface area (Å²) in [5, 5.41) is 8.90. The first-order valence-corrected chi connectivity index (χ1v) is 5.92. The van der Waals surface area contributed by atoms with Gasteiger partial charge in [0.1, 0.15) is 5.75 Å². The molecule has 20 heavy (non-hydrogen) atoms. The molecular formula is C12H10F3N3O2. The number of hydrogen-bond donors (Lipinski definition) is 1. The molecule has 0 bridgehead atoms. The third-order valence-electron chi connectivity index (χ3n) is 2.89. The summed E-state index contributed by atoms with van der Waals surface area (Å²) < 4.78 is 46.9. The lowest BCUT2D eigenvalue weighted by atomic mass is 10.1. The molecule has 0 fully saturated rings. The highest BCUT2D eigenvalue weighted by Gasteiger charge is 2.38. The molecule has 8 heteroatoms. The summed E-state index contributed by atoms with van der Waals surface area (Å²) in [6, 6.07) is 5.39. The van der Waals surface area contributed by atoms with Gasteiger partial charge in [0.15, 0.2) is 0 Å². The summed E-state index contributed by atoms with van der Waals surface area (Å²) in [6.45, 7) is 0.869. The Morgan fingerprint density at radius 1 is 1.25 bits per heavy atom. The monoisotopic (exact) mass is 285 g/mol. The van der Waals surface area contributed by atoms with Gasteiger partial charge in [0.05, 0.1) is 6.61 Å². The van der Waals surface area contributed by atoms with Crippen LogP contribution in [0.25, 0.3) is 0 Å². The molecule has 1 aromatic heterocycles. The molecule has 0 saturated heterocycles. The van der Waals surface area contributed by atoms with E-state index in [2.05, 4.69) is 19.9 Å². The summed E-state index contributed by atoms with van der Waals surface area (Å²) in [4.78, 5) is 0. The standard InChI is InChI=1S/C12H10F3N3O2/c13-12(14,15)10-17-18-11(20-10)16-6-8-3-1-2-7-4-5-19-9(7)8/h1-3H,4-6H2,(H,16,18). The van der Waals surface area contributed by atoms with Crippen LogP contribution in [0.2, 0.25) is 0 Å². The number of para-hydroxylation sites is 1. The summed E-state index contributed by atoms with van der Waals surface area (Å²) in [7, 11) is 0. The summed E-state index contributed by atoms with van der Waals surface area (Å²) in [5.41, 5.74) is 1.93. The first kappa shape index (κ1) is 12.8. The van der Waals surface area contributed by atoms with Crippen molar-refractivity contribution in [2.45, 2.75) is 19.1 Å². The Hall–Kier alpha value is -2.25. The molecule has 1 N–H and O–H groups in total. The number of rotatable bonds is 3. The van der Waals surface area contributed by atoms with Crippen LogP contribution in [0.5, 0.6) is 5.75 Å². The molecule has 5 nitrogen and oxygen atoms in total. The molecule has 0 atom stereocenters. The number of benzene rings is 1. The molecule has 0 aliphatic carbocycles. The van der Waals surface area contributed by atoms with Crippen LogP contribution in [-0.2, 0) is 19.1 Å². The van der Waals surface area contributed by atoms with Gasteiger partial charge in [-0.05, 0) is 5.56 Å². The molecule has 0 unspecified atom stereocenters. The van der Waals surface area contributed by atoms with E-state index in [4.69, 9.17) is 4.74 Å². The number of hydrogen-bond acceptors (Lipinski definition) is 5. The van der Waals surface area contributed by atoms with E-state index < -0.39 is 12.1 Å². The maximum atomic E-state index is 12.3. The number of aromatic nitrogens is 2. The minimum Gasteiger partial charge on any atom is -0.493 e. The van der Waals surface area contributed by atoms with Gasteiger partial charge in [0, 0.05) is 18.5 Å². The zero-order chi connectivity index (χ0) is 14.2. The number of nitrogens with one attached hydrogen (secondary N) is 1. The predicted octanol–water partition coefficient (Wildman–Crippen LogP) is 2.64. The van der Waals surface area contributed by atoms with Gasteiger partial charge in [-0.25, -0.2) is 0 Å². The minimum atomic E-state index is -4.63. The van der Waals surface area contributed by atoms with E-state index in [0.29, 0.717) is 6.61 Å². The number of anilines is 1. The third kappa shape index (κ3) is 2.40. The van der Waals surface area contributed by atoms with Crippen LogP contribution in [0.3, 0.4) is 0 Å². The number of fused-ring (bicyclic) bond motifs is 1. The Balaban J connectivity index is 1.71. The number of ether oxygens (including phenoxy) is 1. The lowest BCUT2D eigenvalue weighted by molar-refractivity contribution is -0.156. The molecule has 1 aliphatic rings.